The van der Waals surface area contributed by atoms with Crippen LogP contribution in [0.15, 0.2) is 56.2 Å². The van der Waals surface area contributed by atoms with Gasteiger partial charge < -0.3 is 21.5 Å². The molecule has 0 unspecified atom stereocenters. The van der Waals surface area contributed by atoms with Gasteiger partial charge in [-0.1, -0.05) is 15.9 Å². The van der Waals surface area contributed by atoms with Crippen LogP contribution >= 0.6 is 28.1 Å². The molecule has 6 N–H and O–H groups in total. The van der Waals surface area contributed by atoms with Crippen molar-refractivity contribution in [2.75, 3.05) is 12.4 Å². The lowest BCUT2D eigenvalue weighted by atomic mass is 10.2. The van der Waals surface area contributed by atoms with Gasteiger partial charge in [0.15, 0.2) is 5.11 Å². The van der Waals surface area contributed by atoms with E-state index in [0.29, 0.717) is 21.5 Å². The number of ether oxygens (including phenoxy) is 1. The SMILES string of the molecule is COc1ccc(Br)cc1C(=O)NC(=S)Nc1ccc(S(=O)(=O)N=C(N)N)cc1. The molecule has 0 aromatic heterocycles. The number of nitrogens with two attached hydrogens (primary N) is 2. The van der Waals surface area contributed by atoms with Crippen molar-refractivity contribution in [1.29, 1.82) is 0 Å². The highest BCUT2D eigenvalue weighted by molar-refractivity contribution is 9.10. The predicted octanol–water partition coefficient (Wildman–Crippen LogP) is 1.55. The number of rotatable bonds is 5. The number of methoxy groups -OCH3 is 1. The lowest BCUT2D eigenvalue weighted by molar-refractivity contribution is 0.0974. The van der Waals surface area contributed by atoms with Crippen LogP contribution in [0.3, 0.4) is 0 Å². The number of hydrogen-bond acceptors (Lipinski definition) is 5. The number of anilines is 1. The molecule has 0 saturated carbocycles. The molecule has 2 rings (SSSR count). The number of guanidine groups is 1. The largest absolute Gasteiger partial charge is 0.496 e. The van der Waals surface area contributed by atoms with Gasteiger partial charge in [0.05, 0.1) is 17.6 Å². The van der Waals surface area contributed by atoms with Crippen LogP contribution in [0.2, 0.25) is 0 Å². The Bertz CT molecular complexity index is 1040. The molecule has 2 aromatic rings. The zero-order valence-electron chi connectivity index (χ0n) is 14.5. The summed E-state index contributed by atoms with van der Waals surface area (Å²) >= 11 is 8.41. The number of nitrogens with zero attached hydrogens (tertiary/aromatic N) is 1. The molecule has 0 atom stereocenters. The van der Waals surface area contributed by atoms with Crippen LogP contribution in [0.1, 0.15) is 10.4 Å². The molecule has 28 heavy (non-hydrogen) atoms. The van der Waals surface area contributed by atoms with Crippen LogP contribution in [0.25, 0.3) is 0 Å². The minimum absolute atomic E-state index is 0.0202. The Morgan fingerprint density at radius 1 is 1.18 bits per heavy atom. The zero-order chi connectivity index (χ0) is 20.9. The minimum atomic E-state index is -3.98. The van der Waals surface area contributed by atoms with Crippen molar-refractivity contribution in [3.05, 3.63) is 52.5 Å². The summed E-state index contributed by atoms with van der Waals surface area (Å²) in [6.07, 6.45) is 0. The smallest absolute Gasteiger partial charge is 0.285 e. The number of sulfonamides is 1. The second-order valence-corrected chi connectivity index (χ2v) is 8.20. The second kappa shape index (κ2) is 8.99. The lowest BCUT2D eigenvalue weighted by Crippen LogP contribution is -2.34. The lowest BCUT2D eigenvalue weighted by Gasteiger charge is -2.12. The van der Waals surface area contributed by atoms with E-state index in [9.17, 15) is 13.2 Å². The number of carbonyl (C=O) groups excluding carboxylic acids is 1. The molecule has 0 spiro atoms. The van der Waals surface area contributed by atoms with Gasteiger partial charge in [-0.25, -0.2) is 0 Å². The van der Waals surface area contributed by atoms with Crippen LogP contribution in [0.5, 0.6) is 5.75 Å². The molecular formula is C16H16BrN5O4S2. The highest BCUT2D eigenvalue weighted by atomic mass is 79.9. The molecule has 148 valence electrons. The Balaban J connectivity index is 2.09. The van der Waals surface area contributed by atoms with E-state index in [4.69, 9.17) is 28.4 Å². The van der Waals surface area contributed by atoms with Crippen LogP contribution < -0.4 is 26.8 Å². The minimum Gasteiger partial charge on any atom is -0.496 e. The van der Waals surface area contributed by atoms with Crippen molar-refractivity contribution in [3.8, 4) is 5.75 Å². The van der Waals surface area contributed by atoms with Crippen LogP contribution in [0, 0.1) is 0 Å². The number of thiocarbonyl (C=S) groups is 1. The highest BCUT2D eigenvalue weighted by Crippen LogP contribution is 2.23. The molecule has 0 aliphatic heterocycles. The van der Waals surface area contributed by atoms with Gasteiger partial charge in [0.25, 0.3) is 15.9 Å². The normalized spacial score (nSPS) is 10.6. The molecule has 0 fully saturated rings. The maximum atomic E-state index is 12.4. The molecule has 0 saturated heterocycles. The van der Waals surface area contributed by atoms with Crippen molar-refractivity contribution in [2.45, 2.75) is 4.90 Å². The molecule has 0 heterocycles. The van der Waals surface area contributed by atoms with E-state index in [0.717, 1.165) is 0 Å². The standard InChI is InChI=1S/C16H16BrN5O4S2/c1-26-13-7-2-9(17)8-12(13)14(23)21-16(27)20-10-3-5-11(6-4-10)28(24,25)22-15(18)19/h2-8H,1H3,(H4,18,19,22)(H2,20,21,23,27). The number of hydrogen-bond donors (Lipinski definition) is 4. The molecular weight excluding hydrogens is 470 g/mol. The van der Waals surface area contributed by atoms with Crippen molar-refractivity contribution in [1.82, 2.24) is 5.32 Å². The summed E-state index contributed by atoms with van der Waals surface area (Å²) in [5.74, 6) is -0.644. The first-order valence-electron chi connectivity index (χ1n) is 7.54. The molecule has 2 aromatic carbocycles. The van der Waals surface area contributed by atoms with Gasteiger partial charge in [-0.3, -0.25) is 10.1 Å². The van der Waals surface area contributed by atoms with Gasteiger partial charge in [-0.15, -0.1) is 4.40 Å². The van der Waals surface area contributed by atoms with Crippen LogP contribution in [0.4, 0.5) is 5.69 Å². The Labute approximate surface area is 175 Å². The Morgan fingerprint density at radius 3 is 2.39 bits per heavy atom. The van der Waals surface area contributed by atoms with Gasteiger partial charge >= 0.3 is 0 Å². The van der Waals surface area contributed by atoms with E-state index < -0.39 is 21.9 Å². The quantitative estimate of drug-likeness (QED) is 0.283. The third kappa shape index (κ3) is 5.65. The van der Waals surface area contributed by atoms with Crippen molar-refractivity contribution >= 4 is 60.8 Å². The molecule has 0 radical (unpaired) electrons. The summed E-state index contributed by atoms with van der Waals surface area (Å²) in [5, 5.41) is 5.33. The highest BCUT2D eigenvalue weighted by Gasteiger charge is 2.15. The third-order valence-electron chi connectivity index (χ3n) is 3.27. The fraction of sp³-hybridized carbons (Fsp3) is 0.0625. The molecule has 0 aliphatic rings. The van der Waals surface area contributed by atoms with Crippen molar-refractivity contribution in [2.24, 2.45) is 15.9 Å². The van der Waals surface area contributed by atoms with Crippen LogP contribution in [-0.2, 0) is 10.0 Å². The monoisotopic (exact) mass is 485 g/mol. The van der Waals surface area contributed by atoms with Crippen LogP contribution in [-0.4, -0.2) is 32.5 Å². The number of amides is 1. The topological polar surface area (TPSA) is 149 Å². The first-order valence-corrected chi connectivity index (χ1v) is 10.2. The second-order valence-electron chi connectivity index (χ2n) is 5.27. The fourth-order valence-electron chi connectivity index (χ4n) is 2.09. The van der Waals surface area contributed by atoms with E-state index in [1.54, 1.807) is 18.2 Å². The summed E-state index contributed by atoms with van der Waals surface area (Å²) in [6.45, 7) is 0. The number of carbonyl (C=O) groups is 1. The summed E-state index contributed by atoms with van der Waals surface area (Å²) < 4.78 is 32.9. The Kier molecular flexibility index (Phi) is 6.94. The number of benzene rings is 2. The maximum absolute atomic E-state index is 12.4. The van der Waals surface area contributed by atoms with Gasteiger partial charge in [0.2, 0.25) is 5.96 Å². The van der Waals surface area contributed by atoms with E-state index in [1.165, 1.54) is 31.4 Å². The first kappa shape index (κ1) is 21.6. The van der Waals surface area contributed by atoms with E-state index in [1.807, 2.05) is 0 Å². The summed E-state index contributed by atoms with van der Waals surface area (Å²) in [7, 11) is -2.53. The maximum Gasteiger partial charge on any atom is 0.285 e. The molecule has 9 nitrogen and oxygen atoms in total. The van der Waals surface area contributed by atoms with Gasteiger partial charge in [0, 0.05) is 10.2 Å². The number of halogens is 1. The van der Waals surface area contributed by atoms with Crippen molar-refractivity contribution < 1.29 is 17.9 Å². The summed E-state index contributed by atoms with van der Waals surface area (Å²) in [4.78, 5) is 12.3. The van der Waals surface area contributed by atoms with Gasteiger partial charge in [-0.05, 0) is 54.7 Å². The van der Waals surface area contributed by atoms with E-state index >= 15 is 0 Å². The average Bonchev–Trinajstić information content (AvgIpc) is 2.61. The van der Waals surface area contributed by atoms with Crippen molar-refractivity contribution in [3.63, 3.8) is 0 Å². The first-order chi connectivity index (χ1) is 13.1. The number of nitrogens with one attached hydrogen (secondary N) is 2. The van der Waals surface area contributed by atoms with E-state index in [-0.39, 0.29) is 10.0 Å². The van der Waals surface area contributed by atoms with E-state index in [2.05, 4.69) is 31.0 Å². The third-order valence-corrected chi connectivity index (χ3v) is 5.29. The zero-order valence-corrected chi connectivity index (χ0v) is 17.7. The summed E-state index contributed by atoms with van der Waals surface area (Å²) in [5.41, 5.74) is 11.0. The average molecular weight is 486 g/mol. The molecule has 1 amide bonds. The predicted molar refractivity (Wildman–Crippen MR) is 114 cm³/mol. The van der Waals surface area contributed by atoms with Gasteiger partial charge in [0.1, 0.15) is 5.75 Å². The molecule has 0 aliphatic carbocycles. The fourth-order valence-corrected chi connectivity index (χ4v) is 3.53. The molecule has 0 bridgehead atoms. The Morgan fingerprint density at radius 2 is 1.82 bits per heavy atom. The summed E-state index contributed by atoms with van der Waals surface area (Å²) in [6, 6.07) is 10.5. The van der Waals surface area contributed by atoms with Gasteiger partial charge in [-0.2, -0.15) is 8.42 Å². The Hall–Kier alpha value is -2.70. The molecule has 12 heteroatoms.